The highest BCUT2D eigenvalue weighted by atomic mass is 32.1. The summed E-state index contributed by atoms with van der Waals surface area (Å²) in [4.78, 5) is 0.761. The van der Waals surface area contributed by atoms with Gasteiger partial charge in [0, 0.05) is 4.88 Å². The van der Waals surface area contributed by atoms with E-state index in [1.54, 1.807) is 6.07 Å². The molecule has 1 N–H and O–H groups in total. The van der Waals surface area contributed by atoms with Crippen molar-refractivity contribution < 1.29 is 5.11 Å². The normalized spacial score (nSPS) is 12.0. The highest BCUT2D eigenvalue weighted by Crippen LogP contribution is 2.23. The Labute approximate surface area is 69.0 Å². The topological polar surface area (TPSA) is 44.0 Å². The summed E-state index contributed by atoms with van der Waals surface area (Å²) in [7, 11) is 0. The van der Waals surface area contributed by atoms with Gasteiger partial charge in [-0.1, -0.05) is 12.6 Å². The monoisotopic (exact) mass is 165 g/mol. The molecular formula is C8H7NOS. The average molecular weight is 165 g/mol. The molecule has 0 fully saturated rings. The lowest BCUT2D eigenvalue weighted by Crippen LogP contribution is -1.95. The molecule has 0 radical (unpaired) electrons. The molecule has 3 heteroatoms. The molecule has 2 nitrogen and oxygen atoms in total. The zero-order valence-electron chi connectivity index (χ0n) is 5.82. The quantitative estimate of drug-likeness (QED) is 0.680. The molecule has 0 aliphatic heterocycles. The molecule has 56 valence electrons. The van der Waals surface area contributed by atoms with Gasteiger partial charge in [-0.25, -0.2) is 0 Å². The number of thiophene rings is 1. The summed E-state index contributed by atoms with van der Waals surface area (Å²) in [5.74, 6) is 0. The lowest BCUT2D eigenvalue weighted by Gasteiger charge is -2.03. The summed E-state index contributed by atoms with van der Waals surface area (Å²) in [6, 6.07) is 5.42. The highest BCUT2D eigenvalue weighted by molar-refractivity contribution is 7.10. The molecule has 1 unspecified atom stereocenters. The number of aliphatic hydroxyl groups is 1. The summed E-state index contributed by atoms with van der Waals surface area (Å²) in [6.07, 6.45) is -0.819. The predicted octanol–water partition coefficient (Wildman–Crippen LogP) is 1.86. The van der Waals surface area contributed by atoms with Crippen LogP contribution in [-0.2, 0) is 0 Å². The SMILES string of the molecule is C=C(C#N)C(O)c1cccs1. The van der Waals surface area contributed by atoms with Gasteiger partial charge in [-0.15, -0.1) is 11.3 Å². The molecule has 0 bridgehead atoms. The molecule has 1 heterocycles. The Hall–Kier alpha value is -1.11. The van der Waals surface area contributed by atoms with Crippen LogP contribution < -0.4 is 0 Å². The van der Waals surface area contributed by atoms with Crippen LogP contribution in [0, 0.1) is 11.3 Å². The minimum atomic E-state index is -0.819. The Bertz CT molecular complexity index is 284. The summed E-state index contributed by atoms with van der Waals surface area (Å²) < 4.78 is 0. The minimum absolute atomic E-state index is 0.187. The maximum atomic E-state index is 9.37. The van der Waals surface area contributed by atoms with E-state index < -0.39 is 6.10 Å². The first kappa shape index (κ1) is 7.99. The van der Waals surface area contributed by atoms with E-state index in [9.17, 15) is 5.11 Å². The Morgan fingerprint density at radius 3 is 3.00 bits per heavy atom. The summed E-state index contributed by atoms with van der Waals surface area (Å²) in [6.45, 7) is 3.42. The molecule has 0 amide bonds. The largest absolute Gasteiger partial charge is 0.382 e. The molecule has 1 rings (SSSR count). The van der Waals surface area contributed by atoms with Crippen LogP contribution in [0.5, 0.6) is 0 Å². The van der Waals surface area contributed by atoms with E-state index in [4.69, 9.17) is 5.26 Å². The van der Waals surface area contributed by atoms with Crippen LogP contribution in [0.2, 0.25) is 0 Å². The second kappa shape index (κ2) is 3.33. The van der Waals surface area contributed by atoms with Crippen molar-refractivity contribution in [1.29, 1.82) is 5.26 Å². The molecule has 1 aromatic rings. The van der Waals surface area contributed by atoms with Crippen molar-refractivity contribution in [1.82, 2.24) is 0 Å². The number of nitriles is 1. The van der Waals surface area contributed by atoms with E-state index in [-0.39, 0.29) is 5.57 Å². The van der Waals surface area contributed by atoms with Crippen molar-refractivity contribution in [2.75, 3.05) is 0 Å². The third-order valence-corrected chi connectivity index (χ3v) is 2.21. The van der Waals surface area contributed by atoms with Crippen LogP contribution in [0.25, 0.3) is 0 Å². The first-order chi connectivity index (χ1) is 5.25. The summed E-state index contributed by atoms with van der Waals surface area (Å²) in [5.41, 5.74) is 0.187. The minimum Gasteiger partial charge on any atom is -0.382 e. The van der Waals surface area contributed by atoms with Crippen molar-refractivity contribution in [2.45, 2.75) is 6.10 Å². The van der Waals surface area contributed by atoms with Crippen molar-refractivity contribution in [3.63, 3.8) is 0 Å². The Balaban J connectivity index is 2.80. The number of hydrogen-bond acceptors (Lipinski definition) is 3. The van der Waals surface area contributed by atoms with Crippen molar-refractivity contribution in [2.24, 2.45) is 0 Å². The van der Waals surface area contributed by atoms with Crippen molar-refractivity contribution in [3.05, 3.63) is 34.5 Å². The number of hydrogen-bond donors (Lipinski definition) is 1. The van der Waals surface area contributed by atoms with Crippen LogP contribution in [-0.4, -0.2) is 5.11 Å². The zero-order valence-corrected chi connectivity index (χ0v) is 6.64. The molecule has 0 spiro atoms. The average Bonchev–Trinajstić information content (AvgIpc) is 2.53. The van der Waals surface area contributed by atoms with Gasteiger partial charge in [0.2, 0.25) is 0 Å². The third-order valence-electron chi connectivity index (χ3n) is 1.29. The fourth-order valence-corrected chi connectivity index (χ4v) is 1.42. The van der Waals surface area contributed by atoms with Gasteiger partial charge in [-0.3, -0.25) is 0 Å². The van der Waals surface area contributed by atoms with E-state index in [1.807, 2.05) is 17.5 Å². The maximum Gasteiger partial charge on any atom is 0.122 e. The number of aliphatic hydroxyl groups excluding tert-OH is 1. The van der Waals surface area contributed by atoms with Gasteiger partial charge in [0.05, 0.1) is 11.6 Å². The van der Waals surface area contributed by atoms with Gasteiger partial charge in [0.15, 0.2) is 0 Å². The molecule has 0 aliphatic carbocycles. The van der Waals surface area contributed by atoms with E-state index in [0.717, 1.165) is 4.88 Å². The molecule has 1 atom stereocenters. The standard InChI is InChI=1S/C8H7NOS/c1-6(5-9)8(10)7-3-2-4-11-7/h2-4,8,10H,1H2. The van der Waals surface area contributed by atoms with Crippen molar-refractivity contribution in [3.8, 4) is 6.07 Å². The van der Waals surface area contributed by atoms with Gasteiger partial charge in [-0.2, -0.15) is 5.26 Å². The van der Waals surface area contributed by atoms with E-state index in [0.29, 0.717) is 0 Å². The maximum absolute atomic E-state index is 9.37. The molecule has 0 saturated carbocycles. The van der Waals surface area contributed by atoms with Gasteiger partial charge < -0.3 is 5.11 Å². The lowest BCUT2D eigenvalue weighted by molar-refractivity contribution is 0.225. The molecule has 0 aliphatic rings. The van der Waals surface area contributed by atoms with E-state index >= 15 is 0 Å². The van der Waals surface area contributed by atoms with Crippen LogP contribution in [0.15, 0.2) is 29.7 Å². The van der Waals surface area contributed by atoms with Gasteiger partial charge in [0.1, 0.15) is 6.10 Å². The van der Waals surface area contributed by atoms with E-state index in [2.05, 4.69) is 6.58 Å². The van der Waals surface area contributed by atoms with Crippen LogP contribution in [0.4, 0.5) is 0 Å². The smallest absolute Gasteiger partial charge is 0.122 e. The predicted molar refractivity (Wildman–Crippen MR) is 44.0 cm³/mol. The zero-order chi connectivity index (χ0) is 8.27. The molecule has 1 aromatic heterocycles. The summed E-state index contributed by atoms with van der Waals surface area (Å²) >= 11 is 1.41. The van der Waals surface area contributed by atoms with E-state index in [1.165, 1.54) is 11.3 Å². The van der Waals surface area contributed by atoms with Gasteiger partial charge in [0.25, 0.3) is 0 Å². The van der Waals surface area contributed by atoms with Gasteiger partial charge in [-0.05, 0) is 11.4 Å². The number of rotatable bonds is 2. The van der Waals surface area contributed by atoms with Crippen LogP contribution in [0.1, 0.15) is 11.0 Å². The molecule has 0 aromatic carbocycles. The van der Waals surface area contributed by atoms with Gasteiger partial charge >= 0.3 is 0 Å². The number of nitrogens with zero attached hydrogens (tertiary/aromatic N) is 1. The lowest BCUT2D eigenvalue weighted by atomic mass is 10.1. The second-order valence-electron chi connectivity index (χ2n) is 2.05. The summed E-state index contributed by atoms with van der Waals surface area (Å²) in [5, 5.41) is 19.6. The molecular weight excluding hydrogens is 158 g/mol. The van der Waals surface area contributed by atoms with Crippen LogP contribution >= 0.6 is 11.3 Å². The first-order valence-corrected chi connectivity index (χ1v) is 3.94. The Morgan fingerprint density at radius 1 is 1.82 bits per heavy atom. The molecule has 0 saturated heterocycles. The fourth-order valence-electron chi connectivity index (χ4n) is 0.680. The first-order valence-electron chi connectivity index (χ1n) is 3.06. The second-order valence-corrected chi connectivity index (χ2v) is 3.03. The Morgan fingerprint density at radius 2 is 2.55 bits per heavy atom. The third kappa shape index (κ3) is 1.67. The van der Waals surface area contributed by atoms with Crippen LogP contribution in [0.3, 0.4) is 0 Å². The molecule has 11 heavy (non-hydrogen) atoms. The highest BCUT2D eigenvalue weighted by Gasteiger charge is 2.10. The van der Waals surface area contributed by atoms with Crippen molar-refractivity contribution >= 4 is 11.3 Å². The fraction of sp³-hybridized carbons (Fsp3) is 0.125. The Kier molecular flexibility index (Phi) is 2.42.